The smallest absolute Gasteiger partial charge is 0.356 e. The van der Waals surface area contributed by atoms with Crippen LogP contribution in [0.25, 0.3) is 0 Å². The molecule has 7 heteroatoms. The molecule has 3 rings (SSSR count). The van der Waals surface area contributed by atoms with Crippen LogP contribution in [0.4, 0.5) is 19.0 Å². The summed E-state index contributed by atoms with van der Waals surface area (Å²) in [6, 6.07) is 10.7. The minimum absolute atomic E-state index is 0.0340. The summed E-state index contributed by atoms with van der Waals surface area (Å²) in [7, 11) is 0. The van der Waals surface area contributed by atoms with Crippen LogP contribution in [0, 0.1) is 6.92 Å². The summed E-state index contributed by atoms with van der Waals surface area (Å²) in [5.41, 5.74) is 1.60. The van der Waals surface area contributed by atoms with Crippen molar-refractivity contribution in [1.82, 2.24) is 10.3 Å². The van der Waals surface area contributed by atoms with Crippen LogP contribution in [0.2, 0.25) is 0 Å². The number of rotatable bonds is 5. The van der Waals surface area contributed by atoms with E-state index in [1.807, 2.05) is 36.1 Å². The Balaban J connectivity index is 1.43. The molecule has 1 aromatic heterocycles. The van der Waals surface area contributed by atoms with E-state index in [-0.39, 0.29) is 11.9 Å². The number of piperidine rings is 1. The minimum Gasteiger partial charge on any atom is -0.356 e. The molecule has 0 atom stereocenters. The molecule has 0 saturated carbocycles. The third-order valence-electron chi connectivity index (χ3n) is 5.02. The highest BCUT2D eigenvalue weighted by atomic mass is 19.4. The van der Waals surface area contributed by atoms with Gasteiger partial charge in [0, 0.05) is 31.7 Å². The number of hydrogen-bond acceptors (Lipinski definition) is 3. The van der Waals surface area contributed by atoms with Crippen LogP contribution in [-0.4, -0.2) is 30.0 Å². The van der Waals surface area contributed by atoms with E-state index in [4.69, 9.17) is 0 Å². The number of pyridine rings is 1. The number of benzene rings is 1. The van der Waals surface area contributed by atoms with Crippen molar-refractivity contribution >= 4 is 11.7 Å². The lowest BCUT2D eigenvalue weighted by Gasteiger charge is -2.33. The van der Waals surface area contributed by atoms with Gasteiger partial charge in [-0.3, -0.25) is 4.79 Å². The number of aromatic nitrogens is 1. The van der Waals surface area contributed by atoms with Crippen LogP contribution < -0.4 is 10.2 Å². The Labute approximate surface area is 162 Å². The molecule has 4 nitrogen and oxygen atoms in total. The molecule has 0 spiro atoms. The first-order valence-electron chi connectivity index (χ1n) is 9.44. The zero-order valence-corrected chi connectivity index (χ0v) is 15.8. The third-order valence-corrected chi connectivity index (χ3v) is 5.02. The van der Waals surface area contributed by atoms with Crippen LogP contribution >= 0.6 is 0 Å². The molecule has 1 aromatic carbocycles. The molecule has 2 heterocycles. The number of halogens is 3. The standard InChI is InChI=1S/C21H24F3N3O/c1-15-2-4-16(5-3-15)6-9-20(28)26-18-10-12-27(13-11-18)19-8-7-17(14-25-19)21(22,23)24/h2-5,7-8,14,18H,6,9-13H2,1H3,(H,26,28). The minimum atomic E-state index is -4.37. The Morgan fingerprint density at radius 3 is 2.39 bits per heavy atom. The largest absolute Gasteiger partial charge is 0.417 e. The fraction of sp³-hybridized carbons (Fsp3) is 0.429. The molecule has 150 valence electrons. The predicted molar refractivity (Wildman–Crippen MR) is 102 cm³/mol. The Bertz CT molecular complexity index is 780. The van der Waals surface area contributed by atoms with Crippen LogP contribution in [-0.2, 0) is 17.4 Å². The third kappa shape index (κ3) is 5.47. The van der Waals surface area contributed by atoms with Crippen LogP contribution in [0.1, 0.15) is 36.0 Å². The van der Waals surface area contributed by atoms with Gasteiger partial charge in [-0.25, -0.2) is 4.98 Å². The van der Waals surface area contributed by atoms with Gasteiger partial charge in [0.1, 0.15) is 5.82 Å². The molecule has 0 bridgehead atoms. The maximum absolute atomic E-state index is 12.6. The van der Waals surface area contributed by atoms with Crippen LogP contribution in [0.3, 0.4) is 0 Å². The van der Waals surface area contributed by atoms with Gasteiger partial charge in [0.05, 0.1) is 5.56 Å². The lowest BCUT2D eigenvalue weighted by atomic mass is 10.0. The highest BCUT2D eigenvalue weighted by Gasteiger charge is 2.31. The Morgan fingerprint density at radius 1 is 1.14 bits per heavy atom. The summed E-state index contributed by atoms with van der Waals surface area (Å²) in [6.45, 7) is 3.34. The van der Waals surface area contributed by atoms with Gasteiger partial charge < -0.3 is 10.2 Å². The molecule has 0 radical (unpaired) electrons. The van der Waals surface area contributed by atoms with Gasteiger partial charge in [-0.15, -0.1) is 0 Å². The summed E-state index contributed by atoms with van der Waals surface area (Å²) in [6.07, 6.45) is -0.849. The maximum atomic E-state index is 12.6. The second-order valence-electron chi connectivity index (χ2n) is 7.22. The second-order valence-corrected chi connectivity index (χ2v) is 7.22. The number of alkyl halides is 3. The highest BCUT2D eigenvalue weighted by molar-refractivity contribution is 5.76. The van der Waals surface area contributed by atoms with E-state index >= 15 is 0 Å². The molecule has 1 N–H and O–H groups in total. The average molecular weight is 391 g/mol. The molecule has 1 fully saturated rings. The molecule has 28 heavy (non-hydrogen) atoms. The number of nitrogens with one attached hydrogen (secondary N) is 1. The number of anilines is 1. The van der Waals surface area contributed by atoms with Gasteiger partial charge >= 0.3 is 6.18 Å². The van der Waals surface area contributed by atoms with Crippen molar-refractivity contribution in [3.63, 3.8) is 0 Å². The summed E-state index contributed by atoms with van der Waals surface area (Å²) in [4.78, 5) is 18.1. The first kappa shape index (κ1) is 20.2. The summed E-state index contributed by atoms with van der Waals surface area (Å²) in [5, 5.41) is 3.07. The van der Waals surface area contributed by atoms with Gasteiger partial charge in [-0.1, -0.05) is 29.8 Å². The molecular weight excluding hydrogens is 367 g/mol. The summed E-state index contributed by atoms with van der Waals surface area (Å²) in [5.74, 6) is 0.573. The zero-order chi connectivity index (χ0) is 20.1. The first-order valence-corrected chi connectivity index (χ1v) is 9.44. The van der Waals surface area contributed by atoms with Crippen molar-refractivity contribution in [1.29, 1.82) is 0 Å². The Kier molecular flexibility index (Phi) is 6.21. The maximum Gasteiger partial charge on any atom is 0.417 e. The molecule has 1 aliphatic rings. The van der Waals surface area contributed by atoms with E-state index in [0.29, 0.717) is 31.7 Å². The van der Waals surface area contributed by atoms with Crippen LogP contribution in [0.5, 0.6) is 0 Å². The molecule has 0 aliphatic carbocycles. The van der Waals surface area contributed by atoms with Crippen molar-refractivity contribution in [2.45, 2.75) is 44.8 Å². The molecule has 2 aromatic rings. The zero-order valence-electron chi connectivity index (χ0n) is 15.8. The summed E-state index contributed by atoms with van der Waals surface area (Å²) >= 11 is 0. The summed E-state index contributed by atoms with van der Waals surface area (Å²) < 4.78 is 37.9. The van der Waals surface area contributed by atoms with E-state index in [2.05, 4.69) is 10.3 Å². The van der Waals surface area contributed by atoms with E-state index in [9.17, 15) is 18.0 Å². The fourth-order valence-electron chi connectivity index (χ4n) is 3.31. The van der Waals surface area contributed by atoms with Gasteiger partial charge in [0.25, 0.3) is 0 Å². The van der Waals surface area contributed by atoms with Crippen molar-refractivity contribution in [2.24, 2.45) is 0 Å². The monoisotopic (exact) mass is 391 g/mol. The molecule has 1 aliphatic heterocycles. The molecular formula is C21H24F3N3O. The molecule has 0 unspecified atom stereocenters. The Morgan fingerprint density at radius 2 is 1.82 bits per heavy atom. The number of carbonyl (C=O) groups excluding carboxylic acids is 1. The van der Waals surface area contributed by atoms with Crippen molar-refractivity contribution in [2.75, 3.05) is 18.0 Å². The van der Waals surface area contributed by atoms with E-state index in [0.717, 1.165) is 30.7 Å². The predicted octanol–water partition coefficient (Wildman–Crippen LogP) is 4.13. The van der Waals surface area contributed by atoms with E-state index < -0.39 is 11.7 Å². The fourth-order valence-corrected chi connectivity index (χ4v) is 3.31. The van der Waals surface area contributed by atoms with E-state index in [1.165, 1.54) is 11.6 Å². The number of carbonyl (C=O) groups is 1. The normalized spacial score (nSPS) is 15.5. The highest BCUT2D eigenvalue weighted by Crippen LogP contribution is 2.29. The van der Waals surface area contributed by atoms with Crippen molar-refractivity contribution in [3.8, 4) is 0 Å². The Hall–Kier alpha value is -2.57. The lowest BCUT2D eigenvalue weighted by Crippen LogP contribution is -2.45. The van der Waals surface area contributed by atoms with Gasteiger partial charge in [-0.2, -0.15) is 13.2 Å². The van der Waals surface area contributed by atoms with Crippen molar-refractivity contribution in [3.05, 3.63) is 59.3 Å². The topological polar surface area (TPSA) is 45.2 Å². The lowest BCUT2D eigenvalue weighted by molar-refractivity contribution is -0.137. The number of aryl methyl sites for hydroxylation is 2. The second kappa shape index (κ2) is 8.63. The van der Waals surface area contributed by atoms with Gasteiger partial charge in [-0.05, 0) is 43.9 Å². The van der Waals surface area contributed by atoms with Crippen LogP contribution in [0.15, 0.2) is 42.6 Å². The first-order chi connectivity index (χ1) is 13.3. The SMILES string of the molecule is Cc1ccc(CCC(=O)NC2CCN(c3ccc(C(F)(F)F)cn3)CC2)cc1. The number of hydrogen-bond donors (Lipinski definition) is 1. The molecule has 1 amide bonds. The molecule has 1 saturated heterocycles. The van der Waals surface area contributed by atoms with E-state index in [1.54, 1.807) is 0 Å². The number of amides is 1. The quantitative estimate of drug-likeness (QED) is 0.834. The van der Waals surface area contributed by atoms with Gasteiger partial charge in [0.15, 0.2) is 0 Å². The number of nitrogens with zero attached hydrogens (tertiary/aromatic N) is 2. The average Bonchev–Trinajstić information content (AvgIpc) is 2.68. The van der Waals surface area contributed by atoms with Gasteiger partial charge in [0.2, 0.25) is 5.91 Å². The van der Waals surface area contributed by atoms with Crippen molar-refractivity contribution < 1.29 is 18.0 Å².